The van der Waals surface area contributed by atoms with Crippen LogP contribution in [0.5, 0.6) is 0 Å². The third-order valence-corrected chi connectivity index (χ3v) is 4.14. The van der Waals surface area contributed by atoms with E-state index in [2.05, 4.69) is 17.3 Å². The van der Waals surface area contributed by atoms with E-state index in [1.807, 2.05) is 27.7 Å². The highest BCUT2D eigenvalue weighted by atomic mass is 16.2. The summed E-state index contributed by atoms with van der Waals surface area (Å²) in [6.07, 6.45) is 2.42. The summed E-state index contributed by atoms with van der Waals surface area (Å²) in [5, 5.41) is 7.25. The molecule has 2 rings (SSSR count). The Labute approximate surface area is 149 Å². The van der Waals surface area contributed by atoms with Crippen LogP contribution >= 0.6 is 0 Å². The highest BCUT2D eigenvalue weighted by Gasteiger charge is 2.17. The van der Waals surface area contributed by atoms with E-state index in [1.165, 1.54) is 4.68 Å². The van der Waals surface area contributed by atoms with Gasteiger partial charge in [-0.2, -0.15) is 5.10 Å². The summed E-state index contributed by atoms with van der Waals surface area (Å²) in [5.74, 6) is 0.143. The van der Waals surface area contributed by atoms with Crippen LogP contribution in [0.3, 0.4) is 0 Å². The van der Waals surface area contributed by atoms with Crippen molar-refractivity contribution in [1.82, 2.24) is 9.78 Å². The minimum atomic E-state index is -0.150. The Hall–Kier alpha value is -2.43. The Morgan fingerprint density at radius 1 is 1.16 bits per heavy atom. The predicted octanol–water partition coefficient (Wildman–Crippen LogP) is 4.13. The number of carbonyl (C=O) groups is 2. The summed E-state index contributed by atoms with van der Waals surface area (Å²) in [6, 6.07) is 6.96. The summed E-state index contributed by atoms with van der Waals surface area (Å²) in [5.41, 5.74) is 4.20. The van der Waals surface area contributed by atoms with Gasteiger partial charge in [-0.1, -0.05) is 27.2 Å². The molecule has 0 atom stereocenters. The van der Waals surface area contributed by atoms with Gasteiger partial charge in [0.25, 0.3) is 5.91 Å². The van der Waals surface area contributed by atoms with Crippen LogP contribution < -0.4 is 5.32 Å². The lowest BCUT2D eigenvalue weighted by Crippen LogP contribution is -2.16. The van der Waals surface area contributed by atoms with Crippen molar-refractivity contribution in [2.75, 3.05) is 5.32 Å². The van der Waals surface area contributed by atoms with Crippen LogP contribution in [0.25, 0.3) is 0 Å². The molecule has 0 aliphatic heterocycles. The molecule has 0 radical (unpaired) electrons. The normalized spacial score (nSPS) is 11.0. The maximum Gasteiger partial charge on any atom is 0.278 e. The molecule has 0 fully saturated rings. The highest BCUT2D eigenvalue weighted by Crippen LogP contribution is 2.18. The summed E-state index contributed by atoms with van der Waals surface area (Å²) < 4.78 is 1.48. The lowest BCUT2D eigenvalue weighted by atomic mass is 10.1. The second-order valence-corrected chi connectivity index (χ2v) is 6.84. The minimum absolute atomic E-state index is 0.0168. The summed E-state index contributed by atoms with van der Waals surface area (Å²) in [7, 11) is 0. The lowest BCUT2D eigenvalue weighted by Gasteiger charge is -2.08. The van der Waals surface area contributed by atoms with Gasteiger partial charge in [-0.05, 0) is 56.0 Å². The van der Waals surface area contributed by atoms with Gasteiger partial charge in [0.15, 0.2) is 0 Å². The number of hydrogen-bond acceptors (Lipinski definition) is 3. The molecule has 134 valence electrons. The van der Waals surface area contributed by atoms with E-state index in [1.54, 1.807) is 24.3 Å². The second-order valence-electron chi connectivity index (χ2n) is 6.84. The number of aryl methyl sites for hydroxylation is 1. The smallest absolute Gasteiger partial charge is 0.278 e. The van der Waals surface area contributed by atoms with Gasteiger partial charge in [0.1, 0.15) is 0 Å². The molecule has 0 unspecified atom stereocenters. The molecule has 2 aromatic rings. The van der Waals surface area contributed by atoms with Crippen molar-refractivity contribution in [2.45, 2.75) is 53.9 Å². The molecule has 1 amide bonds. The molecule has 0 saturated carbocycles. The Kier molecular flexibility index (Phi) is 6.12. The molecule has 0 bridgehead atoms. The fraction of sp³-hybridized carbons (Fsp3) is 0.450. The Balaban J connectivity index is 2.16. The topological polar surface area (TPSA) is 64.0 Å². The molecule has 1 heterocycles. The van der Waals surface area contributed by atoms with Gasteiger partial charge >= 0.3 is 0 Å². The lowest BCUT2D eigenvalue weighted by molar-refractivity contribution is -0.116. The Morgan fingerprint density at radius 3 is 2.36 bits per heavy atom. The van der Waals surface area contributed by atoms with Crippen LogP contribution in [0.2, 0.25) is 0 Å². The molecule has 1 N–H and O–H groups in total. The first-order valence-electron chi connectivity index (χ1n) is 8.83. The van der Waals surface area contributed by atoms with Crippen molar-refractivity contribution >= 4 is 17.5 Å². The number of carbonyl (C=O) groups excluding carboxylic acids is 2. The number of anilines is 1. The molecule has 25 heavy (non-hydrogen) atoms. The van der Waals surface area contributed by atoms with Gasteiger partial charge in [0.05, 0.1) is 5.69 Å². The zero-order valence-electron chi connectivity index (χ0n) is 15.7. The second kappa shape index (κ2) is 8.10. The van der Waals surface area contributed by atoms with E-state index < -0.39 is 0 Å². The van der Waals surface area contributed by atoms with Gasteiger partial charge in [-0.25, -0.2) is 4.68 Å². The third-order valence-electron chi connectivity index (χ3n) is 4.14. The van der Waals surface area contributed by atoms with Crippen molar-refractivity contribution < 1.29 is 9.59 Å². The largest absolute Gasteiger partial charge is 0.326 e. The minimum Gasteiger partial charge on any atom is -0.326 e. The standard InChI is InChI=1S/C20H27N3O2/c1-6-7-18-14(4)22-23(15(18)5)20(25)16-8-10-17(11-9-16)21-19(24)12-13(2)3/h8-11,13H,6-7,12H2,1-5H3,(H,21,24). The molecule has 0 aliphatic rings. The van der Waals surface area contributed by atoms with E-state index in [9.17, 15) is 9.59 Å². The average molecular weight is 341 g/mol. The van der Waals surface area contributed by atoms with Crippen molar-refractivity contribution in [1.29, 1.82) is 0 Å². The van der Waals surface area contributed by atoms with E-state index in [0.29, 0.717) is 23.6 Å². The Morgan fingerprint density at radius 2 is 1.80 bits per heavy atom. The molecular weight excluding hydrogens is 314 g/mol. The van der Waals surface area contributed by atoms with E-state index in [0.717, 1.165) is 29.8 Å². The number of hydrogen-bond donors (Lipinski definition) is 1. The monoisotopic (exact) mass is 341 g/mol. The number of nitrogens with one attached hydrogen (secondary N) is 1. The van der Waals surface area contributed by atoms with Crippen molar-refractivity contribution in [3.8, 4) is 0 Å². The molecule has 0 spiro atoms. The molecule has 0 saturated heterocycles. The number of rotatable bonds is 6. The molecule has 5 heteroatoms. The maximum absolute atomic E-state index is 12.7. The van der Waals surface area contributed by atoms with Crippen LogP contribution in [-0.2, 0) is 11.2 Å². The van der Waals surface area contributed by atoms with Crippen molar-refractivity contribution in [3.63, 3.8) is 0 Å². The molecular formula is C20H27N3O2. The zero-order valence-corrected chi connectivity index (χ0v) is 15.7. The number of amides is 1. The first-order chi connectivity index (χ1) is 11.8. The molecule has 1 aromatic heterocycles. The number of benzene rings is 1. The van der Waals surface area contributed by atoms with Gasteiger partial charge in [-0.3, -0.25) is 9.59 Å². The van der Waals surface area contributed by atoms with E-state index in [-0.39, 0.29) is 11.8 Å². The first-order valence-corrected chi connectivity index (χ1v) is 8.83. The van der Waals surface area contributed by atoms with E-state index >= 15 is 0 Å². The molecule has 0 aliphatic carbocycles. The zero-order chi connectivity index (χ0) is 18.6. The molecule has 5 nitrogen and oxygen atoms in total. The average Bonchev–Trinajstić information content (AvgIpc) is 2.82. The highest BCUT2D eigenvalue weighted by molar-refractivity contribution is 5.97. The first kappa shape index (κ1) is 18.9. The number of aromatic nitrogens is 2. The predicted molar refractivity (Wildman–Crippen MR) is 100.0 cm³/mol. The fourth-order valence-electron chi connectivity index (χ4n) is 2.89. The third kappa shape index (κ3) is 4.56. The van der Waals surface area contributed by atoms with Crippen LogP contribution in [0.15, 0.2) is 24.3 Å². The SMILES string of the molecule is CCCc1c(C)nn(C(=O)c2ccc(NC(=O)CC(C)C)cc2)c1C. The van der Waals surface area contributed by atoms with E-state index in [4.69, 9.17) is 0 Å². The van der Waals surface area contributed by atoms with Crippen LogP contribution in [-0.4, -0.2) is 21.6 Å². The quantitative estimate of drug-likeness (QED) is 0.859. The van der Waals surface area contributed by atoms with Gasteiger partial charge in [-0.15, -0.1) is 0 Å². The Bertz CT molecular complexity index is 758. The van der Waals surface area contributed by atoms with Crippen LogP contribution in [0.4, 0.5) is 5.69 Å². The van der Waals surface area contributed by atoms with Crippen molar-refractivity contribution in [2.24, 2.45) is 5.92 Å². The van der Waals surface area contributed by atoms with Crippen molar-refractivity contribution in [3.05, 3.63) is 46.8 Å². The van der Waals surface area contributed by atoms with Gasteiger partial charge < -0.3 is 5.32 Å². The van der Waals surface area contributed by atoms with Gasteiger partial charge in [0, 0.05) is 23.4 Å². The maximum atomic E-state index is 12.7. The number of nitrogens with zero attached hydrogens (tertiary/aromatic N) is 2. The molecule has 1 aromatic carbocycles. The summed E-state index contributed by atoms with van der Waals surface area (Å²) in [6.45, 7) is 9.99. The van der Waals surface area contributed by atoms with Gasteiger partial charge in [0.2, 0.25) is 5.91 Å². The summed E-state index contributed by atoms with van der Waals surface area (Å²) >= 11 is 0. The fourth-order valence-corrected chi connectivity index (χ4v) is 2.89. The van der Waals surface area contributed by atoms with Crippen LogP contribution in [0.1, 0.15) is 60.9 Å². The summed E-state index contributed by atoms with van der Waals surface area (Å²) in [4.78, 5) is 24.5. The van der Waals surface area contributed by atoms with Crippen LogP contribution in [0, 0.1) is 19.8 Å².